The SMILES string of the molecule is CCC(=Cc1cc([N+](=O)[O-])ccc1Cl)CNCCOC. The summed E-state index contributed by atoms with van der Waals surface area (Å²) in [6.45, 7) is 4.15. The zero-order valence-electron chi connectivity index (χ0n) is 11.7. The molecule has 1 N–H and O–H groups in total. The molecule has 1 aromatic carbocycles. The van der Waals surface area contributed by atoms with E-state index in [1.807, 2.05) is 13.0 Å². The molecule has 0 unspecified atom stereocenters. The van der Waals surface area contributed by atoms with E-state index in [9.17, 15) is 10.1 Å². The van der Waals surface area contributed by atoms with Gasteiger partial charge in [0.1, 0.15) is 0 Å². The van der Waals surface area contributed by atoms with E-state index in [2.05, 4.69) is 5.32 Å². The molecule has 0 aliphatic heterocycles. The van der Waals surface area contributed by atoms with Gasteiger partial charge in [0.15, 0.2) is 0 Å². The molecule has 0 aromatic heterocycles. The number of hydrogen-bond donors (Lipinski definition) is 1. The molecular weight excluding hydrogens is 280 g/mol. The van der Waals surface area contributed by atoms with Gasteiger partial charge in [0.2, 0.25) is 0 Å². The van der Waals surface area contributed by atoms with Crippen LogP contribution in [0.1, 0.15) is 18.9 Å². The van der Waals surface area contributed by atoms with Crippen molar-refractivity contribution < 1.29 is 9.66 Å². The summed E-state index contributed by atoms with van der Waals surface area (Å²) in [6, 6.07) is 4.45. The summed E-state index contributed by atoms with van der Waals surface area (Å²) in [5, 5.41) is 14.5. The normalized spacial score (nSPS) is 11.7. The second-order valence-electron chi connectivity index (χ2n) is 4.29. The Bertz CT molecular complexity index is 489. The summed E-state index contributed by atoms with van der Waals surface area (Å²) in [5.74, 6) is 0. The molecule has 0 saturated carbocycles. The lowest BCUT2D eigenvalue weighted by molar-refractivity contribution is -0.384. The minimum Gasteiger partial charge on any atom is -0.383 e. The van der Waals surface area contributed by atoms with E-state index in [0.29, 0.717) is 23.7 Å². The van der Waals surface area contributed by atoms with Gasteiger partial charge in [-0.2, -0.15) is 0 Å². The van der Waals surface area contributed by atoms with Crippen LogP contribution in [0.5, 0.6) is 0 Å². The summed E-state index contributed by atoms with van der Waals surface area (Å²) in [5.41, 5.74) is 1.85. The van der Waals surface area contributed by atoms with Crippen molar-refractivity contribution in [2.45, 2.75) is 13.3 Å². The fourth-order valence-corrected chi connectivity index (χ4v) is 1.85. The number of ether oxygens (including phenoxy) is 1. The third-order valence-corrected chi connectivity index (χ3v) is 3.18. The topological polar surface area (TPSA) is 64.4 Å². The van der Waals surface area contributed by atoms with Crippen molar-refractivity contribution >= 4 is 23.4 Å². The van der Waals surface area contributed by atoms with Crippen LogP contribution in [0.3, 0.4) is 0 Å². The quantitative estimate of drug-likeness (QED) is 0.454. The molecule has 110 valence electrons. The van der Waals surface area contributed by atoms with Crippen molar-refractivity contribution in [2.24, 2.45) is 0 Å². The maximum Gasteiger partial charge on any atom is 0.270 e. The molecular formula is C14H19ClN2O3. The van der Waals surface area contributed by atoms with Crippen LogP contribution in [0.15, 0.2) is 23.8 Å². The number of nitro groups is 1. The molecule has 0 spiro atoms. The van der Waals surface area contributed by atoms with Crippen LogP contribution < -0.4 is 5.32 Å². The van der Waals surface area contributed by atoms with Crippen molar-refractivity contribution in [2.75, 3.05) is 26.8 Å². The van der Waals surface area contributed by atoms with Gasteiger partial charge in [0, 0.05) is 37.4 Å². The third-order valence-electron chi connectivity index (χ3n) is 2.84. The Morgan fingerprint density at radius 2 is 2.30 bits per heavy atom. The predicted molar refractivity (Wildman–Crippen MR) is 81.1 cm³/mol. The Labute approximate surface area is 123 Å². The van der Waals surface area contributed by atoms with Gasteiger partial charge >= 0.3 is 0 Å². The highest BCUT2D eigenvalue weighted by atomic mass is 35.5. The summed E-state index contributed by atoms with van der Waals surface area (Å²) >= 11 is 6.08. The smallest absolute Gasteiger partial charge is 0.270 e. The van der Waals surface area contributed by atoms with E-state index in [1.165, 1.54) is 12.1 Å². The zero-order valence-corrected chi connectivity index (χ0v) is 12.4. The highest BCUT2D eigenvalue weighted by molar-refractivity contribution is 6.32. The molecule has 0 amide bonds. The molecule has 1 aromatic rings. The van der Waals surface area contributed by atoms with E-state index in [-0.39, 0.29) is 5.69 Å². The van der Waals surface area contributed by atoms with Crippen LogP contribution >= 0.6 is 11.6 Å². The lowest BCUT2D eigenvalue weighted by atomic mass is 10.1. The van der Waals surface area contributed by atoms with Gasteiger partial charge in [-0.1, -0.05) is 30.2 Å². The van der Waals surface area contributed by atoms with Gasteiger partial charge in [0.05, 0.1) is 11.5 Å². The van der Waals surface area contributed by atoms with Gasteiger partial charge in [-0.15, -0.1) is 0 Å². The number of hydrogen-bond acceptors (Lipinski definition) is 4. The molecule has 0 radical (unpaired) electrons. The molecule has 5 nitrogen and oxygen atoms in total. The van der Waals surface area contributed by atoms with Crippen LogP contribution in [0.2, 0.25) is 5.02 Å². The lowest BCUT2D eigenvalue weighted by Crippen LogP contribution is -2.21. The Balaban J connectivity index is 2.83. The summed E-state index contributed by atoms with van der Waals surface area (Å²) < 4.78 is 4.96. The first-order valence-corrected chi connectivity index (χ1v) is 6.79. The van der Waals surface area contributed by atoms with Crippen molar-refractivity contribution in [3.63, 3.8) is 0 Å². The first kappa shape index (κ1) is 16.6. The van der Waals surface area contributed by atoms with Crippen LogP contribution in [0.4, 0.5) is 5.69 Å². The largest absolute Gasteiger partial charge is 0.383 e. The summed E-state index contributed by atoms with van der Waals surface area (Å²) in [6.07, 6.45) is 2.74. The Morgan fingerprint density at radius 3 is 2.90 bits per heavy atom. The van der Waals surface area contributed by atoms with Gasteiger partial charge in [-0.05, 0) is 18.1 Å². The minimum atomic E-state index is -0.421. The number of rotatable bonds is 8. The second kappa shape index (κ2) is 8.68. The zero-order chi connectivity index (χ0) is 15.0. The molecule has 0 atom stereocenters. The summed E-state index contributed by atoms with van der Waals surface area (Å²) in [4.78, 5) is 10.4. The Morgan fingerprint density at radius 1 is 1.55 bits per heavy atom. The van der Waals surface area contributed by atoms with Gasteiger partial charge in [-0.3, -0.25) is 10.1 Å². The van der Waals surface area contributed by atoms with E-state index in [0.717, 1.165) is 18.5 Å². The van der Waals surface area contributed by atoms with Crippen LogP contribution in [0, 0.1) is 10.1 Å². The molecule has 20 heavy (non-hydrogen) atoms. The first-order valence-electron chi connectivity index (χ1n) is 6.41. The maximum atomic E-state index is 10.8. The molecule has 0 saturated heterocycles. The fourth-order valence-electron chi connectivity index (χ4n) is 1.68. The standard InChI is InChI=1S/C14H19ClN2O3/c1-3-11(10-16-6-7-20-2)8-12-9-13(17(18)19)4-5-14(12)15/h4-5,8-9,16H,3,6-7,10H2,1-2H3. The average molecular weight is 299 g/mol. The fraction of sp³-hybridized carbons (Fsp3) is 0.429. The second-order valence-corrected chi connectivity index (χ2v) is 4.70. The monoisotopic (exact) mass is 298 g/mol. The van der Waals surface area contributed by atoms with Gasteiger partial charge in [0.25, 0.3) is 5.69 Å². The van der Waals surface area contributed by atoms with Crippen molar-refractivity contribution in [3.8, 4) is 0 Å². The van der Waals surface area contributed by atoms with E-state index in [1.54, 1.807) is 13.2 Å². The Kier molecular flexibility index (Phi) is 7.22. The molecule has 1 rings (SSSR count). The molecule has 0 aliphatic rings. The van der Waals surface area contributed by atoms with Crippen molar-refractivity contribution in [1.82, 2.24) is 5.32 Å². The lowest BCUT2D eigenvalue weighted by Gasteiger charge is -2.08. The number of nitrogens with zero attached hydrogens (tertiary/aromatic N) is 1. The van der Waals surface area contributed by atoms with Crippen LogP contribution in [-0.2, 0) is 4.74 Å². The number of benzene rings is 1. The van der Waals surface area contributed by atoms with Crippen LogP contribution in [0.25, 0.3) is 6.08 Å². The number of halogens is 1. The van der Waals surface area contributed by atoms with E-state index >= 15 is 0 Å². The van der Waals surface area contributed by atoms with E-state index < -0.39 is 4.92 Å². The number of non-ortho nitro benzene ring substituents is 1. The third kappa shape index (κ3) is 5.28. The highest BCUT2D eigenvalue weighted by Gasteiger charge is 2.08. The molecule has 0 heterocycles. The average Bonchev–Trinajstić information content (AvgIpc) is 2.43. The molecule has 0 fully saturated rings. The first-order chi connectivity index (χ1) is 9.58. The molecule has 0 bridgehead atoms. The van der Waals surface area contributed by atoms with Crippen LogP contribution in [-0.4, -0.2) is 31.7 Å². The van der Waals surface area contributed by atoms with Crippen molar-refractivity contribution in [1.29, 1.82) is 0 Å². The Hall–Kier alpha value is -1.43. The summed E-state index contributed by atoms with van der Waals surface area (Å²) in [7, 11) is 1.65. The van der Waals surface area contributed by atoms with E-state index in [4.69, 9.17) is 16.3 Å². The predicted octanol–water partition coefficient (Wildman–Crippen LogP) is 3.28. The van der Waals surface area contributed by atoms with Gasteiger partial charge < -0.3 is 10.1 Å². The number of methoxy groups -OCH3 is 1. The molecule has 6 heteroatoms. The van der Waals surface area contributed by atoms with Crippen molar-refractivity contribution in [3.05, 3.63) is 44.5 Å². The number of nitrogens with one attached hydrogen (secondary N) is 1. The number of nitro benzene ring substituents is 1. The maximum absolute atomic E-state index is 10.8. The van der Waals surface area contributed by atoms with Gasteiger partial charge in [-0.25, -0.2) is 0 Å². The highest BCUT2D eigenvalue weighted by Crippen LogP contribution is 2.24. The minimum absolute atomic E-state index is 0.0449. The molecule has 0 aliphatic carbocycles.